The molecule has 0 spiro atoms. The van der Waals surface area contributed by atoms with E-state index in [-0.39, 0.29) is 6.04 Å². The van der Waals surface area contributed by atoms with Crippen molar-refractivity contribution in [2.45, 2.75) is 25.9 Å². The molecule has 0 aromatic carbocycles. The zero-order valence-electron chi connectivity index (χ0n) is 8.52. The number of aromatic nitrogens is 2. The maximum Gasteiger partial charge on any atom is 0.0948 e. The number of hydrogen-bond acceptors (Lipinski definition) is 3. The summed E-state index contributed by atoms with van der Waals surface area (Å²) in [5.74, 6) is 0.627. The molecule has 0 bridgehead atoms. The number of rotatable bonds is 3. The zero-order chi connectivity index (χ0) is 9.97. The topological polar surface area (TPSA) is 53.1 Å². The lowest BCUT2D eigenvalue weighted by atomic mass is 10.1. The van der Waals surface area contributed by atoms with Gasteiger partial charge in [0.15, 0.2) is 0 Å². The normalized spacial score (nSPS) is 24.0. The van der Waals surface area contributed by atoms with Gasteiger partial charge < -0.3 is 15.0 Å². The molecule has 1 aromatic heterocycles. The van der Waals surface area contributed by atoms with Crippen molar-refractivity contribution >= 4 is 0 Å². The molecule has 1 fully saturated rings. The Balaban J connectivity index is 2.04. The molecule has 4 heteroatoms. The minimum absolute atomic E-state index is 0.0554. The largest absolute Gasteiger partial charge is 0.381 e. The SMILES string of the molecule is C[C@@H](N)c1cncn1CC1CCOC1. The second kappa shape index (κ2) is 4.11. The number of ether oxygens (including phenoxy) is 1. The molecule has 0 amide bonds. The van der Waals surface area contributed by atoms with Crippen LogP contribution in [0.2, 0.25) is 0 Å². The van der Waals surface area contributed by atoms with Gasteiger partial charge in [-0.15, -0.1) is 0 Å². The van der Waals surface area contributed by atoms with Gasteiger partial charge in [-0.2, -0.15) is 0 Å². The van der Waals surface area contributed by atoms with Crippen molar-refractivity contribution in [1.82, 2.24) is 9.55 Å². The van der Waals surface area contributed by atoms with E-state index in [2.05, 4.69) is 9.55 Å². The van der Waals surface area contributed by atoms with Crippen LogP contribution in [0.4, 0.5) is 0 Å². The maximum absolute atomic E-state index is 5.84. The van der Waals surface area contributed by atoms with E-state index in [4.69, 9.17) is 10.5 Å². The molecule has 1 aliphatic heterocycles. The van der Waals surface area contributed by atoms with Crippen LogP contribution in [0.15, 0.2) is 12.5 Å². The third-order valence-electron chi connectivity index (χ3n) is 2.69. The molecule has 4 nitrogen and oxygen atoms in total. The van der Waals surface area contributed by atoms with E-state index in [1.54, 1.807) is 0 Å². The van der Waals surface area contributed by atoms with Gasteiger partial charge in [-0.25, -0.2) is 4.98 Å². The molecule has 1 aliphatic rings. The van der Waals surface area contributed by atoms with Crippen LogP contribution in [0.5, 0.6) is 0 Å². The molecule has 1 saturated heterocycles. The van der Waals surface area contributed by atoms with Gasteiger partial charge in [0, 0.05) is 31.3 Å². The number of nitrogens with zero attached hydrogens (tertiary/aromatic N) is 2. The molecule has 1 aromatic rings. The second-order valence-electron chi connectivity index (χ2n) is 3.99. The van der Waals surface area contributed by atoms with Crippen molar-refractivity contribution in [3.8, 4) is 0 Å². The van der Waals surface area contributed by atoms with Crippen LogP contribution in [0.1, 0.15) is 25.1 Å². The smallest absolute Gasteiger partial charge is 0.0948 e. The molecular formula is C10H17N3O. The van der Waals surface area contributed by atoms with Gasteiger partial charge in [-0.05, 0) is 13.3 Å². The predicted molar refractivity (Wildman–Crippen MR) is 53.8 cm³/mol. The third kappa shape index (κ3) is 1.96. The summed E-state index contributed by atoms with van der Waals surface area (Å²) >= 11 is 0. The van der Waals surface area contributed by atoms with Crippen LogP contribution in [0.25, 0.3) is 0 Å². The number of imidazole rings is 1. The Morgan fingerprint density at radius 1 is 1.79 bits per heavy atom. The molecular weight excluding hydrogens is 178 g/mol. The molecule has 78 valence electrons. The molecule has 0 aliphatic carbocycles. The monoisotopic (exact) mass is 195 g/mol. The van der Waals surface area contributed by atoms with Crippen LogP contribution in [0, 0.1) is 5.92 Å². The van der Waals surface area contributed by atoms with Gasteiger partial charge in [0.25, 0.3) is 0 Å². The fourth-order valence-electron chi connectivity index (χ4n) is 1.87. The van der Waals surface area contributed by atoms with E-state index in [0.29, 0.717) is 5.92 Å². The molecule has 0 saturated carbocycles. The summed E-state index contributed by atoms with van der Waals surface area (Å²) in [5.41, 5.74) is 6.95. The predicted octanol–water partition coefficient (Wildman–Crippen LogP) is 0.939. The van der Waals surface area contributed by atoms with Crippen molar-refractivity contribution in [3.63, 3.8) is 0 Å². The Bertz CT molecular complexity index is 289. The highest BCUT2D eigenvalue weighted by molar-refractivity contribution is 5.03. The van der Waals surface area contributed by atoms with Crippen molar-refractivity contribution in [3.05, 3.63) is 18.2 Å². The summed E-state index contributed by atoms with van der Waals surface area (Å²) in [6, 6.07) is 0.0554. The lowest BCUT2D eigenvalue weighted by molar-refractivity contribution is 0.182. The Morgan fingerprint density at radius 2 is 2.64 bits per heavy atom. The molecule has 0 radical (unpaired) electrons. The van der Waals surface area contributed by atoms with Gasteiger partial charge in [-0.3, -0.25) is 0 Å². The lowest BCUT2D eigenvalue weighted by Crippen LogP contribution is -2.16. The minimum atomic E-state index is 0.0554. The van der Waals surface area contributed by atoms with E-state index in [9.17, 15) is 0 Å². The lowest BCUT2D eigenvalue weighted by Gasteiger charge is -2.13. The summed E-state index contributed by atoms with van der Waals surface area (Å²) in [4.78, 5) is 4.13. The van der Waals surface area contributed by atoms with Gasteiger partial charge in [0.2, 0.25) is 0 Å². The van der Waals surface area contributed by atoms with E-state index in [0.717, 1.165) is 31.9 Å². The second-order valence-corrected chi connectivity index (χ2v) is 3.99. The summed E-state index contributed by atoms with van der Waals surface area (Å²) in [5, 5.41) is 0. The van der Waals surface area contributed by atoms with Crippen LogP contribution >= 0.6 is 0 Å². The summed E-state index contributed by atoms with van der Waals surface area (Å²) < 4.78 is 7.48. The highest BCUT2D eigenvalue weighted by Gasteiger charge is 2.17. The zero-order valence-corrected chi connectivity index (χ0v) is 8.52. The van der Waals surface area contributed by atoms with Gasteiger partial charge in [0.05, 0.1) is 18.6 Å². The van der Waals surface area contributed by atoms with E-state index in [1.807, 2.05) is 19.4 Å². The molecule has 2 heterocycles. The Hall–Kier alpha value is -0.870. The molecule has 2 rings (SSSR count). The molecule has 2 N–H and O–H groups in total. The molecule has 2 atom stereocenters. The highest BCUT2D eigenvalue weighted by Crippen LogP contribution is 2.17. The van der Waals surface area contributed by atoms with Crippen LogP contribution in [-0.2, 0) is 11.3 Å². The quantitative estimate of drug-likeness (QED) is 0.781. The first-order valence-electron chi connectivity index (χ1n) is 5.10. The summed E-state index contributed by atoms with van der Waals surface area (Å²) in [6.07, 6.45) is 4.86. The van der Waals surface area contributed by atoms with Crippen molar-refractivity contribution in [2.75, 3.05) is 13.2 Å². The summed E-state index contributed by atoms with van der Waals surface area (Å²) in [6.45, 7) is 4.74. The minimum Gasteiger partial charge on any atom is -0.381 e. The molecule has 1 unspecified atom stereocenters. The summed E-state index contributed by atoms with van der Waals surface area (Å²) in [7, 11) is 0. The molecule has 14 heavy (non-hydrogen) atoms. The fraction of sp³-hybridized carbons (Fsp3) is 0.700. The third-order valence-corrected chi connectivity index (χ3v) is 2.69. The van der Waals surface area contributed by atoms with Crippen molar-refractivity contribution in [2.24, 2.45) is 11.7 Å². The van der Waals surface area contributed by atoms with Crippen LogP contribution in [-0.4, -0.2) is 22.8 Å². The Kier molecular flexibility index (Phi) is 2.84. The Morgan fingerprint density at radius 3 is 3.29 bits per heavy atom. The van der Waals surface area contributed by atoms with Crippen molar-refractivity contribution in [1.29, 1.82) is 0 Å². The number of nitrogens with two attached hydrogens (primary N) is 1. The van der Waals surface area contributed by atoms with E-state index >= 15 is 0 Å². The fourth-order valence-corrected chi connectivity index (χ4v) is 1.87. The maximum atomic E-state index is 5.84. The first-order chi connectivity index (χ1) is 6.77. The van der Waals surface area contributed by atoms with Gasteiger partial charge >= 0.3 is 0 Å². The van der Waals surface area contributed by atoms with Crippen LogP contribution < -0.4 is 5.73 Å². The highest BCUT2D eigenvalue weighted by atomic mass is 16.5. The average Bonchev–Trinajstić information content (AvgIpc) is 2.75. The standard InChI is InChI=1S/C10H17N3O/c1-8(11)10-4-12-7-13(10)5-9-2-3-14-6-9/h4,7-9H,2-3,5-6,11H2,1H3/t8-,9?/m1/s1. The van der Waals surface area contributed by atoms with E-state index < -0.39 is 0 Å². The first-order valence-corrected chi connectivity index (χ1v) is 5.10. The van der Waals surface area contributed by atoms with Gasteiger partial charge in [-0.1, -0.05) is 0 Å². The number of hydrogen-bond donors (Lipinski definition) is 1. The average molecular weight is 195 g/mol. The van der Waals surface area contributed by atoms with Crippen molar-refractivity contribution < 1.29 is 4.74 Å². The van der Waals surface area contributed by atoms with E-state index in [1.165, 1.54) is 0 Å². The van der Waals surface area contributed by atoms with Crippen LogP contribution in [0.3, 0.4) is 0 Å². The van der Waals surface area contributed by atoms with Gasteiger partial charge in [0.1, 0.15) is 0 Å². The Labute approximate surface area is 84.1 Å². The first kappa shape index (κ1) is 9.68.